The van der Waals surface area contributed by atoms with Gasteiger partial charge in [0, 0.05) is 9.26 Å². The third-order valence-corrected chi connectivity index (χ3v) is 5.55. The number of thiocarbonyl (C=S) groups is 1. The molecule has 0 saturated carbocycles. The van der Waals surface area contributed by atoms with E-state index in [1.165, 1.54) is 0 Å². The third-order valence-electron chi connectivity index (χ3n) is 4.29. The first kappa shape index (κ1) is 17.8. The number of anilines is 2. The zero-order valence-electron chi connectivity index (χ0n) is 14.1. The Hall–Kier alpha value is -1.98. The molecule has 0 radical (unpaired) electrons. The van der Waals surface area contributed by atoms with E-state index in [1.807, 2.05) is 56.0 Å². The van der Waals surface area contributed by atoms with E-state index in [-0.39, 0.29) is 5.91 Å². The van der Waals surface area contributed by atoms with Crippen LogP contribution in [-0.4, -0.2) is 16.6 Å². The molecule has 126 valence electrons. The van der Waals surface area contributed by atoms with Crippen LogP contribution < -0.4 is 9.80 Å². The summed E-state index contributed by atoms with van der Waals surface area (Å²) in [5, 5.41) is 9.55. The molecule has 0 spiro atoms. The van der Waals surface area contributed by atoms with Crippen molar-refractivity contribution < 1.29 is 4.79 Å². The summed E-state index contributed by atoms with van der Waals surface area (Å²) >= 11 is 7.75. The van der Waals surface area contributed by atoms with Crippen LogP contribution in [-0.2, 0) is 4.79 Å². The smallest absolute Gasteiger partial charge is 0.259 e. The second-order valence-corrected chi connectivity index (χ2v) is 7.96. The normalized spacial score (nSPS) is 16.3. The number of amides is 1. The molecule has 0 unspecified atom stereocenters. The van der Waals surface area contributed by atoms with Gasteiger partial charge in [-0.25, -0.2) is 0 Å². The van der Waals surface area contributed by atoms with Crippen LogP contribution in [0.3, 0.4) is 0 Å². The first-order valence-corrected chi connectivity index (χ1v) is 9.21. The predicted octanol–water partition coefficient (Wildman–Crippen LogP) is 4.39. The Labute approximate surface area is 166 Å². The minimum atomic E-state index is -0.786. The van der Waals surface area contributed by atoms with Gasteiger partial charge >= 0.3 is 0 Å². The number of benzene rings is 2. The Morgan fingerprint density at radius 1 is 1.12 bits per heavy atom. The van der Waals surface area contributed by atoms with Crippen LogP contribution in [0.15, 0.2) is 42.5 Å². The Kier molecular flexibility index (Phi) is 4.56. The van der Waals surface area contributed by atoms with Crippen molar-refractivity contribution >= 4 is 57.2 Å². The average Bonchev–Trinajstić information content (AvgIpc) is 2.74. The van der Waals surface area contributed by atoms with E-state index in [2.05, 4.69) is 28.7 Å². The van der Waals surface area contributed by atoms with Gasteiger partial charge < -0.3 is 4.90 Å². The molecule has 0 N–H and O–H groups in total. The van der Waals surface area contributed by atoms with Gasteiger partial charge in [0.2, 0.25) is 0 Å². The molecule has 1 saturated heterocycles. The minimum absolute atomic E-state index is 0.0846. The van der Waals surface area contributed by atoms with E-state index in [4.69, 9.17) is 17.5 Å². The van der Waals surface area contributed by atoms with Gasteiger partial charge in [0.05, 0.1) is 11.3 Å². The van der Waals surface area contributed by atoms with Gasteiger partial charge in [0.15, 0.2) is 5.11 Å². The number of hydrogen-bond donors (Lipinski definition) is 0. The second-order valence-electron chi connectivity index (χ2n) is 6.43. The molecular formula is C19H16IN3OS. The number of rotatable bonds is 2. The maximum atomic E-state index is 13.1. The quantitative estimate of drug-likeness (QED) is 0.492. The highest BCUT2D eigenvalue weighted by atomic mass is 127. The van der Waals surface area contributed by atoms with Crippen LogP contribution in [0, 0.1) is 21.8 Å². The van der Waals surface area contributed by atoms with Crippen molar-refractivity contribution in [2.75, 3.05) is 9.80 Å². The van der Waals surface area contributed by atoms with Crippen molar-refractivity contribution in [1.82, 2.24) is 0 Å². The van der Waals surface area contributed by atoms with Gasteiger partial charge in [-0.15, -0.1) is 0 Å². The Morgan fingerprint density at radius 3 is 2.28 bits per heavy atom. The molecule has 1 heterocycles. The third kappa shape index (κ3) is 2.92. The second kappa shape index (κ2) is 6.39. The lowest BCUT2D eigenvalue weighted by Gasteiger charge is -2.29. The fourth-order valence-corrected chi connectivity index (χ4v) is 4.03. The summed E-state index contributed by atoms with van der Waals surface area (Å²) in [5.41, 5.74) is 2.51. The summed E-state index contributed by atoms with van der Waals surface area (Å²) in [5.74, 6) is -0.0846. The van der Waals surface area contributed by atoms with Crippen molar-refractivity contribution in [3.63, 3.8) is 0 Å². The van der Waals surface area contributed by atoms with Crippen LogP contribution in [0.4, 0.5) is 11.4 Å². The molecule has 0 bridgehead atoms. The molecule has 0 aromatic heterocycles. The van der Waals surface area contributed by atoms with Crippen molar-refractivity contribution in [3.05, 3.63) is 57.2 Å². The molecule has 25 heavy (non-hydrogen) atoms. The molecule has 1 fully saturated rings. The SMILES string of the molecule is Cc1ccc(N2C(=S)N(c3ccc(C#N)c(I)c3)C(=O)C2(C)C)cc1. The largest absolute Gasteiger partial charge is 0.304 e. The van der Waals surface area contributed by atoms with Gasteiger partial charge in [-0.3, -0.25) is 9.69 Å². The zero-order chi connectivity index (χ0) is 18.4. The summed E-state index contributed by atoms with van der Waals surface area (Å²) in [6.07, 6.45) is 0. The first-order valence-electron chi connectivity index (χ1n) is 7.72. The molecule has 3 rings (SSSR count). The Morgan fingerprint density at radius 2 is 1.72 bits per heavy atom. The summed E-state index contributed by atoms with van der Waals surface area (Å²) in [6, 6.07) is 15.4. The van der Waals surface area contributed by atoms with E-state index >= 15 is 0 Å². The first-order chi connectivity index (χ1) is 11.8. The lowest BCUT2D eigenvalue weighted by Crippen LogP contribution is -2.44. The van der Waals surface area contributed by atoms with Gasteiger partial charge in [0.1, 0.15) is 11.6 Å². The van der Waals surface area contributed by atoms with Gasteiger partial charge in [-0.1, -0.05) is 17.7 Å². The highest BCUT2D eigenvalue weighted by molar-refractivity contribution is 14.1. The zero-order valence-corrected chi connectivity index (χ0v) is 17.1. The number of aryl methyl sites for hydroxylation is 1. The number of nitriles is 1. The van der Waals surface area contributed by atoms with Crippen LogP contribution >= 0.6 is 34.8 Å². The number of nitrogens with zero attached hydrogens (tertiary/aromatic N) is 3. The van der Waals surface area contributed by atoms with E-state index in [9.17, 15) is 4.79 Å². The molecule has 1 aliphatic rings. The molecule has 1 amide bonds. The molecule has 6 heteroatoms. The van der Waals surface area contributed by atoms with Crippen LogP contribution in [0.25, 0.3) is 0 Å². The maximum absolute atomic E-state index is 13.1. The van der Waals surface area contributed by atoms with Gasteiger partial charge in [-0.05, 0) is 85.9 Å². The topological polar surface area (TPSA) is 47.3 Å². The van der Waals surface area contributed by atoms with Crippen LogP contribution in [0.1, 0.15) is 25.0 Å². The van der Waals surface area contributed by atoms with Crippen molar-refractivity contribution in [2.24, 2.45) is 0 Å². The average molecular weight is 461 g/mol. The fraction of sp³-hybridized carbons (Fsp3) is 0.211. The highest BCUT2D eigenvalue weighted by Gasteiger charge is 2.50. The van der Waals surface area contributed by atoms with Crippen LogP contribution in [0.2, 0.25) is 0 Å². The molecule has 0 atom stereocenters. The number of carbonyl (C=O) groups is 1. The molecule has 0 aliphatic carbocycles. The Balaban J connectivity index is 2.07. The van der Waals surface area contributed by atoms with Gasteiger partial charge in [-0.2, -0.15) is 5.26 Å². The summed E-state index contributed by atoms with van der Waals surface area (Å²) in [6.45, 7) is 5.76. The molecular weight excluding hydrogens is 445 g/mol. The summed E-state index contributed by atoms with van der Waals surface area (Å²) in [7, 11) is 0. The number of carbonyl (C=O) groups excluding carboxylic acids is 1. The van der Waals surface area contributed by atoms with Crippen LogP contribution in [0.5, 0.6) is 0 Å². The predicted molar refractivity (Wildman–Crippen MR) is 112 cm³/mol. The molecule has 1 aliphatic heterocycles. The lowest BCUT2D eigenvalue weighted by atomic mass is 10.0. The van der Waals surface area contributed by atoms with E-state index in [0.717, 1.165) is 14.8 Å². The summed E-state index contributed by atoms with van der Waals surface area (Å²) in [4.78, 5) is 16.5. The minimum Gasteiger partial charge on any atom is -0.304 e. The van der Waals surface area contributed by atoms with E-state index in [1.54, 1.807) is 17.0 Å². The molecule has 2 aromatic carbocycles. The molecule has 4 nitrogen and oxygen atoms in total. The standard InChI is InChI=1S/C19H16IN3OS/c1-12-4-7-14(8-5-12)23-18(25)22(17(24)19(23,2)3)15-9-6-13(11-21)16(20)10-15/h4-10H,1-3H3. The van der Waals surface area contributed by atoms with Crippen molar-refractivity contribution in [3.8, 4) is 6.07 Å². The summed E-state index contributed by atoms with van der Waals surface area (Å²) < 4.78 is 0.791. The van der Waals surface area contributed by atoms with Gasteiger partial charge in [0.25, 0.3) is 5.91 Å². The van der Waals surface area contributed by atoms with E-state index < -0.39 is 5.54 Å². The fourth-order valence-electron chi connectivity index (χ4n) is 2.88. The molecule has 2 aromatic rings. The number of halogens is 1. The van der Waals surface area contributed by atoms with Crippen molar-refractivity contribution in [1.29, 1.82) is 5.26 Å². The highest BCUT2D eigenvalue weighted by Crippen LogP contribution is 2.36. The number of hydrogen-bond acceptors (Lipinski definition) is 3. The Bertz CT molecular complexity index is 915. The maximum Gasteiger partial charge on any atom is 0.259 e. The van der Waals surface area contributed by atoms with E-state index in [0.29, 0.717) is 16.4 Å². The lowest BCUT2D eigenvalue weighted by molar-refractivity contribution is -0.120. The monoisotopic (exact) mass is 461 g/mol. The van der Waals surface area contributed by atoms with Crippen molar-refractivity contribution in [2.45, 2.75) is 26.3 Å².